The third-order valence-electron chi connectivity index (χ3n) is 3.78. The van der Waals surface area contributed by atoms with Gasteiger partial charge < -0.3 is 10.1 Å². The molecule has 132 valence electrons. The van der Waals surface area contributed by atoms with Gasteiger partial charge in [0, 0.05) is 25.3 Å². The first-order chi connectivity index (χ1) is 11.4. The molecule has 24 heavy (non-hydrogen) atoms. The molecule has 0 aliphatic heterocycles. The number of hydrogen-bond donors (Lipinski definition) is 2. The van der Waals surface area contributed by atoms with Gasteiger partial charge in [-0.05, 0) is 49.9 Å². The Kier molecular flexibility index (Phi) is 6.53. The van der Waals surface area contributed by atoms with E-state index in [1.807, 2.05) is 0 Å². The molecule has 0 spiro atoms. The molecule has 2 N–H and O–H groups in total. The SMILES string of the molecule is COC[C@H](C)NS(=O)(=O)c1ccc(NC(=O)C[C@H]2C=CCC2)cc1. The first-order valence-corrected chi connectivity index (χ1v) is 9.47. The van der Waals surface area contributed by atoms with Gasteiger partial charge >= 0.3 is 0 Å². The molecule has 7 heteroatoms. The molecule has 1 aromatic rings. The zero-order valence-electron chi connectivity index (χ0n) is 14.0. The van der Waals surface area contributed by atoms with E-state index in [1.54, 1.807) is 19.1 Å². The quantitative estimate of drug-likeness (QED) is 0.703. The minimum atomic E-state index is -3.60. The molecule has 1 aromatic carbocycles. The van der Waals surface area contributed by atoms with E-state index < -0.39 is 10.0 Å². The van der Waals surface area contributed by atoms with Crippen molar-refractivity contribution in [3.8, 4) is 0 Å². The fourth-order valence-corrected chi connectivity index (χ4v) is 3.88. The molecule has 0 aromatic heterocycles. The van der Waals surface area contributed by atoms with Crippen LogP contribution in [-0.2, 0) is 19.6 Å². The number of rotatable bonds is 8. The van der Waals surface area contributed by atoms with Gasteiger partial charge in [-0.15, -0.1) is 0 Å². The monoisotopic (exact) mass is 352 g/mol. The third-order valence-corrected chi connectivity index (χ3v) is 5.39. The molecule has 0 heterocycles. The van der Waals surface area contributed by atoms with Crippen molar-refractivity contribution in [1.82, 2.24) is 4.72 Å². The molecule has 1 aliphatic carbocycles. The average Bonchev–Trinajstić information content (AvgIpc) is 3.00. The summed E-state index contributed by atoms with van der Waals surface area (Å²) in [5, 5.41) is 2.80. The lowest BCUT2D eigenvalue weighted by atomic mass is 10.1. The standard InChI is InChI=1S/C17H24N2O4S/c1-13(12-23-2)19-24(21,22)16-9-7-15(8-10-16)18-17(20)11-14-5-3-4-6-14/h3,5,7-10,13-14,19H,4,6,11-12H2,1-2H3,(H,18,20)/t13-,14-/m0/s1. The van der Waals surface area contributed by atoms with Crippen LogP contribution in [-0.4, -0.2) is 34.1 Å². The van der Waals surface area contributed by atoms with Crippen LogP contribution in [0.15, 0.2) is 41.3 Å². The highest BCUT2D eigenvalue weighted by Gasteiger charge is 2.18. The van der Waals surface area contributed by atoms with E-state index in [4.69, 9.17) is 4.74 Å². The van der Waals surface area contributed by atoms with Crippen LogP contribution in [0.4, 0.5) is 5.69 Å². The first kappa shape index (κ1) is 18.6. The summed E-state index contributed by atoms with van der Waals surface area (Å²) < 4.78 is 31.9. The molecule has 0 bridgehead atoms. The minimum absolute atomic E-state index is 0.0611. The van der Waals surface area contributed by atoms with E-state index in [1.165, 1.54) is 19.2 Å². The molecule has 0 saturated heterocycles. The number of ether oxygens (including phenoxy) is 1. The van der Waals surface area contributed by atoms with Crippen molar-refractivity contribution in [2.45, 2.75) is 37.1 Å². The first-order valence-electron chi connectivity index (χ1n) is 7.98. The summed E-state index contributed by atoms with van der Waals surface area (Å²) in [6.45, 7) is 2.02. The fourth-order valence-electron chi connectivity index (χ4n) is 2.65. The molecule has 6 nitrogen and oxygen atoms in total. The Hall–Kier alpha value is -1.70. The Bertz CT molecular complexity index is 683. The number of anilines is 1. The molecule has 0 unspecified atom stereocenters. The van der Waals surface area contributed by atoms with E-state index in [0.29, 0.717) is 24.6 Å². The minimum Gasteiger partial charge on any atom is -0.383 e. The van der Waals surface area contributed by atoms with Gasteiger partial charge in [-0.2, -0.15) is 0 Å². The number of hydrogen-bond acceptors (Lipinski definition) is 4. The lowest BCUT2D eigenvalue weighted by Crippen LogP contribution is -2.35. The normalized spacial score (nSPS) is 18.5. The van der Waals surface area contributed by atoms with Crippen LogP contribution in [0.3, 0.4) is 0 Å². The van der Waals surface area contributed by atoms with Gasteiger partial charge in [-0.25, -0.2) is 13.1 Å². The van der Waals surface area contributed by atoms with Crippen LogP contribution in [0.1, 0.15) is 26.2 Å². The molecule has 1 aliphatic rings. The number of methoxy groups -OCH3 is 1. The second-order valence-electron chi connectivity index (χ2n) is 6.02. The molecular formula is C17H24N2O4S. The second-order valence-corrected chi connectivity index (χ2v) is 7.73. The number of carbonyl (C=O) groups is 1. The Morgan fingerprint density at radius 1 is 1.33 bits per heavy atom. The van der Waals surface area contributed by atoms with Crippen molar-refractivity contribution in [1.29, 1.82) is 0 Å². The summed E-state index contributed by atoms with van der Waals surface area (Å²) in [5.41, 5.74) is 0.589. The number of carbonyl (C=O) groups excluding carboxylic acids is 1. The van der Waals surface area contributed by atoms with Crippen molar-refractivity contribution < 1.29 is 17.9 Å². The summed E-state index contributed by atoms with van der Waals surface area (Å²) >= 11 is 0. The number of allylic oxidation sites excluding steroid dienone is 2. The topological polar surface area (TPSA) is 84.5 Å². The molecule has 2 rings (SSSR count). The van der Waals surface area contributed by atoms with Crippen molar-refractivity contribution in [3.05, 3.63) is 36.4 Å². The van der Waals surface area contributed by atoms with E-state index >= 15 is 0 Å². The predicted octanol–water partition coefficient (Wildman–Crippen LogP) is 2.29. The van der Waals surface area contributed by atoms with Gasteiger partial charge in [0.25, 0.3) is 0 Å². The van der Waals surface area contributed by atoms with Gasteiger partial charge in [-0.1, -0.05) is 12.2 Å². The van der Waals surface area contributed by atoms with E-state index in [9.17, 15) is 13.2 Å². The third kappa shape index (κ3) is 5.43. The lowest BCUT2D eigenvalue weighted by molar-refractivity contribution is -0.116. The fraction of sp³-hybridized carbons (Fsp3) is 0.471. The zero-order valence-corrected chi connectivity index (χ0v) is 14.8. The maximum atomic E-state index is 12.2. The number of benzene rings is 1. The van der Waals surface area contributed by atoms with Gasteiger partial charge in [0.2, 0.25) is 15.9 Å². The Labute approximate surface area is 143 Å². The molecule has 2 atom stereocenters. The Balaban J connectivity index is 1.94. The number of nitrogens with one attached hydrogen (secondary N) is 2. The van der Waals surface area contributed by atoms with Gasteiger partial charge in [-0.3, -0.25) is 4.79 Å². The van der Waals surface area contributed by atoms with Crippen LogP contribution in [0, 0.1) is 5.92 Å². The Morgan fingerprint density at radius 2 is 2.04 bits per heavy atom. The van der Waals surface area contributed by atoms with E-state index in [-0.39, 0.29) is 16.8 Å². The average molecular weight is 352 g/mol. The van der Waals surface area contributed by atoms with Crippen LogP contribution in [0.2, 0.25) is 0 Å². The lowest BCUT2D eigenvalue weighted by Gasteiger charge is -2.14. The smallest absolute Gasteiger partial charge is 0.240 e. The van der Waals surface area contributed by atoms with Crippen LogP contribution in [0.5, 0.6) is 0 Å². The summed E-state index contributed by atoms with van der Waals surface area (Å²) in [6.07, 6.45) is 6.65. The highest BCUT2D eigenvalue weighted by molar-refractivity contribution is 7.89. The van der Waals surface area contributed by atoms with E-state index in [2.05, 4.69) is 22.2 Å². The van der Waals surface area contributed by atoms with Crippen LogP contribution >= 0.6 is 0 Å². The molecule has 0 fully saturated rings. The highest BCUT2D eigenvalue weighted by atomic mass is 32.2. The molecule has 0 saturated carbocycles. The van der Waals surface area contributed by atoms with Gasteiger partial charge in [0.1, 0.15) is 0 Å². The van der Waals surface area contributed by atoms with Gasteiger partial charge in [0.15, 0.2) is 0 Å². The Morgan fingerprint density at radius 3 is 2.62 bits per heavy atom. The maximum Gasteiger partial charge on any atom is 0.240 e. The van der Waals surface area contributed by atoms with Gasteiger partial charge in [0.05, 0.1) is 11.5 Å². The summed E-state index contributed by atoms with van der Waals surface area (Å²) in [4.78, 5) is 12.1. The van der Waals surface area contributed by atoms with Crippen molar-refractivity contribution in [3.63, 3.8) is 0 Å². The molecule has 0 radical (unpaired) electrons. The highest BCUT2D eigenvalue weighted by Crippen LogP contribution is 2.21. The molecular weight excluding hydrogens is 328 g/mol. The zero-order chi connectivity index (χ0) is 17.6. The van der Waals surface area contributed by atoms with Crippen LogP contribution < -0.4 is 10.0 Å². The molecule has 1 amide bonds. The van der Waals surface area contributed by atoms with Crippen LogP contribution in [0.25, 0.3) is 0 Å². The summed E-state index contributed by atoms with van der Waals surface area (Å²) in [7, 11) is -2.08. The number of amides is 1. The predicted molar refractivity (Wildman–Crippen MR) is 93.2 cm³/mol. The number of sulfonamides is 1. The van der Waals surface area contributed by atoms with Crippen molar-refractivity contribution in [2.24, 2.45) is 5.92 Å². The largest absolute Gasteiger partial charge is 0.383 e. The summed E-state index contributed by atoms with van der Waals surface area (Å²) in [5.74, 6) is 0.241. The van der Waals surface area contributed by atoms with Crippen molar-refractivity contribution >= 4 is 21.6 Å². The second kappa shape index (κ2) is 8.41. The maximum absolute atomic E-state index is 12.2. The van der Waals surface area contributed by atoms with Crippen molar-refractivity contribution in [2.75, 3.05) is 19.0 Å². The summed E-state index contributed by atoms with van der Waals surface area (Å²) in [6, 6.07) is 5.83. The van der Waals surface area contributed by atoms with E-state index in [0.717, 1.165) is 12.8 Å².